The molecule has 0 spiro atoms. The number of pyridine rings is 1. The van der Waals surface area contributed by atoms with Gasteiger partial charge in [0.25, 0.3) is 11.8 Å². The van der Waals surface area contributed by atoms with Gasteiger partial charge in [-0.25, -0.2) is 0 Å². The van der Waals surface area contributed by atoms with Crippen molar-refractivity contribution in [1.29, 1.82) is 0 Å². The number of furan rings is 1. The fourth-order valence-corrected chi connectivity index (χ4v) is 5.19. The molecule has 2 aromatic carbocycles. The van der Waals surface area contributed by atoms with Crippen LogP contribution in [0.15, 0.2) is 65.5 Å². The van der Waals surface area contributed by atoms with E-state index in [9.17, 15) is 14.4 Å². The summed E-state index contributed by atoms with van der Waals surface area (Å²) in [5.41, 5.74) is 2.73. The Morgan fingerprint density at radius 1 is 1.07 bits per heavy atom. The molecule has 0 saturated heterocycles. The first-order valence-electron chi connectivity index (χ1n) is 13.4. The zero-order valence-corrected chi connectivity index (χ0v) is 23.0. The number of ether oxygens (including phenoxy) is 2. The van der Waals surface area contributed by atoms with Gasteiger partial charge in [-0.1, -0.05) is 23.7 Å². The number of amides is 2. The molecule has 2 amide bonds. The average Bonchev–Trinajstić information content (AvgIpc) is 3.75. The maximum Gasteiger partial charge on any atom is 0.325 e. The number of aromatic nitrogens is 1. The van der Waals surface area contributed by atoms with Crippen LogP contribution in [0.3, 0.4) is 0 Å². The van der Waals surface area contributed by atoms with Gasteiger partial charge in [0.2, 0.25) is 0 Å². The van der Waals surface area contributed by atoms with E-state index in [2.05, 4.69) is 15.2 Å². The molecule has 10 nitrogen and oxygen atoms in total. The number of fused-ring (bicyclic) bond motifs is 2. The van der Waals surface area contributed by atoms with Crippen LogP contribution in [0.1, 0.15) is 40.5 Å². The van der Waals surface area contributed by atoms with Gasteiger partial charge in [-0.15, -0.1) is 0 Å². The van der Waals surface area contributed by atoms with Gasteiger partial charge in [-0.3, -0.25) is 19.4 Å². The van der Waals surface area contributed by atoms with E-state index in [-0.39, 0.29) is 46.7 Å². The Hall–Kier alpha value is -4.57. The van der Waals surface area contributed by atoms with Crippen molar-refractivity contribution in [3.05, 3.63) is 77.3 Å². The maximum absolute atomic E-state index is 13.9. The SMILES string of the molecule is CCOC(=O)CNC(=O)c1coc2cc(Cl)c(Oc3ccncc3C(=O)N3CCN(C4CC4)c4ccccc43)cc12. The quantitative estimate of drug-likeness (QED) is 0.286. The Kier molecular flexibility index (Phi) is 7.23. The van der Waals surface area contributed by atoms with E-state index in [1.54, 1.807) is 24.0 Å². The van der Waals surface area contributed by atoms with E-state index in [0.29, 0.717) is 23.6 Å². The lowest BCUT2D eigenvalue weighted by molar-refractivity contribution is -0.141. The minimum atomic E-state index is -0.549. The van der Waals surface area contributed by atoms with Gasteiger partial charge in [-0.2, -0.15) is 0 Å². The smallest absolute Gasteiger partial charge is 0.325 e. The predicted molar refractivity (Wildman–Crippen MR) is 153 cm³/mol. The van der Waals surface area contributed by atoms with Gasteiger partial charge >= 0.3 is 5.97 Å². The summed E-state index contributed by atoms with van der Waals surface area (Å²) in [6.07, 6.45) is 6.62. The van der Waals surface area contributed by atoms with Gasteiger partial charge in [0.15, 0.2) is 0 Å². The highest BCUT2D eigenvalue weighted by molar-refractivity contribution is 6.33. The largest absolute Gasteiger partial charge is 0.465 e. The van der Waals surface area contributed by atoms with Gasteiger partial charge in [0.05, 0.1) is 28.6 Å². The lowest BCUT2D eigenvalue weighted by Gasteiger charge is -2.38. The minimum absolute atomic E-state index is 0.196. The molecule has 0 radical (unpaired) electrons. The number of nitrogens with one attached hydrogen (secondary N) is 1. The van der Waals surface area contributed by atoms with Crippen LogP contribution in [0.4, 0.5) is 11.4 Å². The molecule has 0 unspecified atom stereocenters. The summed E-state index contributed by atoms with van der Waals surface area (Å²) in [5.74, 6) is -0.819. The van der Waals surface area contributed by atoms with E-state index in [1.165, 1.54) is 37.6 Å². The van der Waals surface area contributed by atoms with E-state index in [4.69, 9.17) is 25.5 Å². The summed E-state index contributed by atoms with van der Waals surface area (Å²) in [7, 11) is 0. The lowest BCUT2D eigenvalue weighted by atomic mass is 10.1. The van der Waals surface area contributed by atoms with Crippen molar-refractivity contribution in [2.75, 3.05) is 36.0 Å². The third-order valence-corrected chi connectivity index (χ3v) is 7.38. The maximum atomic E-state index is 13.9. The molecule has 4 aromatic rings. The molecule has 1 aliphatic heterocycles. The summed E-state index contributed by atoms with van der Waals surface area (Å²) >= 11 is 6.52. The van der Waals surface area contributed by atoms with Gasteiger partial charge in [0.1, 0.15) is 35.5 Å². The molecule has 0 bridgehead atoms. The highest BCUT2D eigenvalue weighted by Crippen LogP contribution is 2.41. The third kappa shape index (κ3) is 5.30. The number of hydrogen-bond donors (Lipinski definition) is 1. The number of benzene rings is 2. The second-order valence-electron chi connectivity index (χ2n) is 9.76. The van der Waals surface area contributed by atoms with Crippen LogP contribution in [0.25, 0.3) is 11.0 Å². The van der Waals surface area contributed by atoms with Crippen LogP contribution in [0.2, 0.25) is 5.02 Å². The van der Waals surface area contributed by atoms with Gasteiger partial charge in [0, 0.05) is 43.0 Å². The molecule has 1 N–H and O–H groups in total. The molecule has 1 saturated carbocycles. The number of para-hydroxylation sites is 2. The zero-order chi connectivity index (χ0) is 28.5. The van der Waals surface area contributed by atoms with Crippen LogP contribution in [-0.4, -0.2) is 55.1 Å². The summed E-state index contributed by atoms with van der Waals surface area (Å²) < 4.78 is 16.6. The normalized spacial score (nSPS) is 14.5. The fourth-order valence-electron chi connectivity index (χ4n) is 5.00. The van der Waals surface area contributed by atoms with Gasteiger partial charge < -0.3 is 29.0 Å². The van der Waals surface area contributed by atoms with E-state index < -0.39 is 11.9 Å². The first-order valence-corrected chi connectivity index (χ1v) is 13.8. The number of anilines is 2. The molecule has 1 fully saturated rings. The van der Waals surface area contributed by atoms with Crippen LogP contribution in [0, 0.1) is 0 Å². The Morgan fingerprint density at radius 3 is 2.66 bits per heavy atom. The summed E-state index contributed by atoms with van der Waals surface area (Å²) in [4.78, 5) is 46.6. The molecule has 0 atom stereocenters. The average molecular weight is 575 g/mol. The predicted octanol–water partition coefficient (Wildman–Crippen LogP) is 5.20. The van der Waals surface area contributed by atoms with Crippen molar-refractivity contribution in [3.8, 4) is 11.5 Å². The Bertz CT molecular complexity index is 1650. The van der Waals surface area contributed by atoms with Gasteiger partial charge in [-0.05, 0) is 44.0 Å². The highest BCUT2D eigenvalue weighted by atomic mass is 35.5. The monoisotopic (exact) mass is 574 g/mol. The number of carbonyl (C=O) groups excluding carboxylic acids is 3. The Labute approximate surface area is 240 Å². The Morgan fingerprint density at radius 2 is 1.88 bits per heavy atom. The summed E-state index contributed by atoms with van der Waals surface area (Å²) in [6, 6.07) is 13.1. The van der Waals surface area contributed by atoms with Crippen molar-refractivity contribution in [3.63, 3.8) is 0 Å². The molecular formula is C30H27ClN4O6. The number of rotatable bonds is 8. The van der Waals surface area contributed by atoms with Crippen LogP contribution in [-0.2, 0) is 9.53 Å². The first kappa shape index (κ1) is 26.6. The van der Waals surface area contributed by atoms with E-state index >= 15 is 0 Å². The molecule has 2 aromatic heterocycles. The fraction of sp³-hybridized carbons (Fsp3) is 0.267. The molecule has 1 aliphatic carbocycles. The lowest BCUT2D eigenvalue weighted by Crippen LogP contribution is -2.45. The zero-order valence-electron chi connectivity index (χ0n) is 22.3. The molecular weight excluding hydrogens is 548 g/mol. The molecule has 11 heteroatoms. The highest BCUT2D eigenvalue weighted by Gasteiger charge is 2.36. The molecule has 210 valence electrons. The number of halogens is 1. The van der Waals surface area contributed by atoms with E-state index in [0.717, 1.165) is 17.9 Å². The molecule has 2 aliphatic rings. The number of carbonyl (C=O) groups is 3. The van der Waals surface area contributed by atoms with Crippen LogP contribution in [0.5, 0.6) is 11.5 Å². The molecule has 6 rings (SSSR count). The standard InChI is InChI=1S/C30H27ClN4O6/c1-2-39-28(36)16-33-29(37)21-17-40-26-14-22(31)27(13-19(21)26)41-25-9-10-32-15-20(25)30(38)35-12-11-34(18-7-8-18)23-5-3-4-6-24(23)35/h3-6,9-10,13-15,17-18H,2,7-8,11-12,16H2,1H3,(H,33,37). The second kappa shape index (κ2) is 11.1. The summed E-state index contributed by atoms with van der Waals surface area (Å²) in [6.45, 7) is 2.90. The number of hydrogen-bond acceptors (Lipinski definition) is 8. The summed E-state index contributed by atoms with van der Waals surface area (Å²) in [5, 5.41) is 3.17. The molecule has 3 heterocycles. The number of nitrogens with zero attached hydrogens (tertiary/aromatic N) is 3. The first-order chi connectivity index (χ1) is 19.9. The minimum Gasteiger partial charge on any atom is -0.465 e. The third-order valence-electron chi connectivity index (χ3n) is 7.08. The molecule has 41 heavy (non-hydrogen) atoms. The van der Waals surface area contributed by atoms with E-state index in [1.807, 2.05) is 24.3 Å². The van der Waals surface area contributed by atoms with Crippen molar-refractivity contribution in [2.45, 2.75) is 25.8 Å². The van der Waals surface area contributed by atoms with Crippen molar-refractivity contribution < 1.29 is 28.3 Å². The van der Waals surface area contributed by atoms with Crippen LogP contribution < -0.4 is 19.9 Å². The van der Waals surface area contributed by atoms with Crippen molar-refractivity contribution >= 4 is 51.7 Å². The topological polar surface area (TPSA) is 114 Å². The number of esters is 1. The van der Waals surface area contributed by atoms with Crippen LogP contribution >= 0.6 is 11.6 Å². The van der Waals surface area contributed by atoms with Crippen molar-refractivity contribution in [2.24, 2.45) is 0 Å². The Balaban J connectivity index is 1.27. The second-order valence-corrected chi connectivity index (χ2v) is 10.2. The van der Waals surface area contributed by atoms with Crippen molar-refractivity contribution in [1.82, 2.24) is 10.3 Å².